The summed E-state index contributed by atoms with van der Waals surface area (Å²) < 4.78 is 10.1. The average Bonchev–Trinajstić information content (AvgIpc) is 2.11. The minimum atomic E-state index is -0.0278. The molecule has 0 aliphatic carbocycles. The summed E-state index contributed by atoms with van der Waals surface area (Å²) >= 11 is 0. The third-order valence-electron chi connectivity index (χ3n) is 1.74. The summed E-state index contributed by atoms with van der Waals surface area (Å²) in [6.45, 7) is 2.14. The van der Waals surface area contributed by atoms with Crippen molar-refractivity contribution in [3.63, 3.8) is 0 Å². The molecule has 2 heteroatoms. The van der Waals surface area contributed by atoms with E-state index >= 15 is 0 Å². The number of hydrogen-bond donors (Lipinski definition) is 0. The molecule has 0 aromatic carbocycles. The molecule has 0 aromatic heterocycles. The highest BCUT2D eigenvalue weighted by molar-refractivity contribution is 4.79. The van der Waals surface area contributed by atoms with Crippen molar-refractivity contribution < 1.29 is 9.47 Å². The van der Waals surface area contributed by atoms with Crippen LogP contribution in [0.1, 0.15) is 32.6 Å². The van der Waals surface area contributed by atoms with E-state index < -0.39 is 0 Å². The molecule has 0 spiro atoms. The van der Waals surface area contributed by atoms with Crippen LogP contribution < -0.4 is 0 Å². The molecule has 0 aliphatic rings. The quantitative estimate of drug-likeness (QED) is 0.334. The highest BCUT2D eigenvalue weighted by Gasteiger charge is 2.02. The van der Waals surface area contributed by atoms with Gasteiger partial charge in [-0.2, -0.15) is 0 Å². The van der Waals surface area contributed by atoms with Gasteiger partial charge in [-0.05, 0) is 25.7 Å². The normalized spacial score (nSPS) is 11.7. The molecule has 0 radical (unpaired) electrons. The summed E-state index contributed by atoms with van der Waals surface area (Å²) in [6.07, 6.45) is 8.72. The molecule has 0 saturated carbocycles. The zero-order chi connectivity index (χ0) is 9.23. The van der Waals surface area contributed by atoms with E-state index in [9.17, 15) is 0 Å². The smallest absolute Gasteiger partial charge is 0.156 e. The predicted molar refractivity (Wildman–Crippen MR) is 51.1 cm³/mol. The standard InChI is InChI=1S/C10H20O2/c1-4-5-6-7-8-9-10(11-2)12-3/h5-6,10H,4,7-9H2,1-3H3/b6-5+. The van der Waals surface area contributed by atoms with Gasteiger partial charge in [0.25, 0.3) is 0 Å². The summed E-state index contributed by atoms with van der Waals surface area (Å²) in [5.74, 6) is 0. The Morgan fingerprint density at radius 2 is 1.83 bits per heavy atom. The van der Waals surface area contributed by atoms with Crippen LogP contribution in [0.2, 0.25) is 0 Å². The average molecular weight is 172 g/mol. The minimum absolute atomic E-state index is 0.0278. The molecule has 12 heavy (non-hydrogen) atoms. The van der Waals surface area contributed by atoms with Gasteiger partial charge in [0.1, 0.15) is 0 Å². The van der Waals surface area contributed by atoms with Crippen LogP contribution in [0.5, 0.6) is 0 Å². The number of methoxy groups -OCH3 is 2. The zero-order valence-corrected chi connectivity index (χ0v) is 8.38. The van der Waals surface area contributed by atoms with Gasteiger partial charge < -0.3 is 9.47 Å². The van der Waals surface area contributed by atoms with E-state index in [1.165, 1.54) is 0 Å². The van der Waals surface area contributed by atoms with Gasteiger partial charge in [0, 0.05) is 14.2 Å². The lowest BCUT2D eigenvalue weighted by Gasteiger charge is -2.11. The number of allylic oxidation sites excluding steroid dienone is 2. The first-order valence-corrected chi connectivity index (χ1v) is 4.55. The van der Waals surface area contributed by atoms with Crippen molar-refractivity contribution >= 4 is 0 Å². The van der Waals surface area contributed by atoms with Crippen molar-refractivity contribution in [1.29, 1.82) is 0 Å². The van der Waals surface area contributed by atoms with E-state index in [4.69, 9.17) is 9.47 Å². The Kier molecular flexibility index (Phi) is 8.51. The molecule has 0 atom stereocenters. The summed E-state index contributed by atoms with van der Waals surface area (Å²) in [4.78, 5) is 0. The molecule has 0 aliphatic heterocycles. The second-order valence-electron chi connectivity index (χ2n) is 2.71. The summed E-state index contributed by atoms with van der Waals surface area (Å²) in [5, 5.41) is 0. The Morgan fingerprint density at radius 3 is 2.33 bits per heavy atom. The number of hydrogen-bond acceptors (Lipinski definition) is 2. The highest BCUT2D eigenvalue weighted by atomic mass is 16.7. The van der Waals surface area contributed by atoms with Gasteiger partial charge in [0.2, 0.25) is 0 Å². The lowest BCUT2D eigenvalue weighted by molar-refractivity contribution is -0.106. The number of ether oxygens (including phenoxy) is 2. The molecule has 0 aromatic rings. The molecule has 0 fully saturated rings. The first kappa shape index (κ1) is 11.7. The van der Waals surface area contributed by atoms with E-state index in [0.29, 0.717) is 0 Å². The molecular formula is C10H20O2. The Hall–Kier alpha value is -0.340. The molecule has 0 unspecified atom stereocenters. The predicted octanol–water partition coefficient (Wildman–Crippen LogP) is 2.74. The van der Waals surface area contributed by atoms with Crippen molar-refractivity contribution in [1.82, 2.24) is 0 Å². The second-order valence-corrected chi connectivity index (χ2v) is 2.71. The first-order chi connectivity index (χ1) is 5.85. The van der Waals surface area contributed by atoms with Crippen LogP contribution in [0.4, 0.5) is 0 Å². The zero-order valence-electron chi connectivity index (χ0n) is 8.38. The summed E-state index contributed by atoms with van der Waals surface area (Å²) in [6, 6.07) is 0. The molecule has 2 nitrogen and oxygen atoms in total. The van der Waals surface area contributed by atoms with E-state index in [-0.39, 0.29) is 6.29 Å². The lowest BCUT2D eigenvalue weighted by Crippen LogP contribution is -2.12. The van der Waals surface area contributed by atoms with Crippen LogP contribution in [0.3, 0.4) is 0 Å². The van der Waals surface area contributed by atoms with Crippen LogP contribution >= 0.6 is 0 Å². The van der Waals surface area contributed by atoms with Gasteiger partial charge in [-0.25, -0.2) is 0 Å². The third-order valence-corrected chi connectivity index (χ3v) is 1.74. The van der Waals surface area contributed by atoms with Gasteiger partial charge in [0.15, 0.2) is 6.29 Å². The maximum atomic E-state index is 5.06. The molecule has 0 amide bonds. The van der Waals surface area contributed by atoms with Gasteiger partial charge in [-0.15, -0.1) is 0 Å². The highest BCUT2D eigenvalue weighted by Crippen LogP contribution is 2.05. The van der Waals surface area contributed by atoms with E-state index in [0.717, 1.165) is 25.7 Å². The molecule has 0 rings (SSSR count). The Labute approximate surface area is 75.6 Å². The minimum Gasteiger partial charge on any atom is -0.356 e. The molecule has 0 N–H and O–H groups in total. The van der Waals surface area contributed by atoms with Crippen molar-refractivity contribution in [2.24, 2.45) is 0 Å². The van der Waals surface area contributed by atoms with Crippen molar-refractivity contribution in [3.05, 3.63) is 12.2 Å². The topological polar surface area (TPSA) is 18.5 Å². The Morgan fingerprint density at radius 1 is 1.17 bits per heavy atom. The van der Waals surface area contributed by atoms with Gasteiger partial charge in [-0.3, -0.25) is 0 Å². The molecule has 72 valence electrons. The maximum absolute atomic E-state index is 5.06. The third kappa shape index (κ3) is 6.38. The van der Waals surface area contributed by atoms with E-state index in [2.05, 4.69) is 19.1 Å². The Balaban J connectivity index is 3.23. The molecule has 0 heterocycles. The van der Waals surface area contributed by atoms with Gasteiger partial charge in [0.05, 0.1) is 0 Å². The van der Waals surface area contributed by atoms with Crippen LogP contribution in [-0.2, 0) is 9.47 Å². The maximum Gasteiger partial charge on any atom is 0.156 e. The molecule has 0 bridgehead atoms. The first-order valence-electron chi connectivity index (χ1n) is 4.55. The number of unbranched alkanes of at least 4 members (excludes halogenated alkanes) is 1. The van der Waals surface area contributed by atoms with Gasteiger partial charge >= 0.3 is 0 Å². The fourth-order valence-corrected chi connectivity index (χ4v) is 1.02. The molecule has 0 saturated heterocycles. The number of rotatable bonds is 7. The monoisotopic (exact) mass is 172 g/mol. The lowest BCUT2D eigenvalue weighted by atomic mass is 10.2. The van der Waals surface area contributed by atoms with Gasteiger partial charge in [-0.1, -0.05) is 19.1 Å². The fraction of sp³-hybridized carbons (Fsp3) is 0.800. The fourth-order valence-electron chi connectivity index (χ4n) is 1.02. The summed E-state index contributed by atoms with van der Waals surface area (Å²) in [7, 11) is 3.35. The van der Waals surface area contributed by atoms with Crippen molar-refractivity contribution in [2.75, 3.05) is 14.2 Å². The van der Waals surface area contributed by atoms with Crippen LogP contribution in [0.25, 0.3) is 0 Å². The second kappa shape index (κ2) is 8.75. The van der Waals surface area contributed by atoms with E-state index in [1.807, 2.05) is 0 Å². The van der Waals surface area contributed by atoms with Crippen LogP contribution in [0, 0.1) is 0 Å². The van der Waals surface area contributed by atoms with Crippen LogP contribution in [-0.4, -0.2) is 20.5 Å². The SMILES string of the molecule is CC/C=C/CCCC(OC)OC. The molecular weight excluding hydrogens is 152 g/mol. The Bertz CT molecular complexity index is 106. The summed E-state index contributed by atoms with van der Waals surface area (Å²) in [5.41, 5.74) is 0. The van der Waals surface area contributed by atoms with Crippen molar-refractivity contribution in [2.45, 2.75) is 38.9 Å². The van der Waals surface area contributed by atoms with Crippen LogP contribution in [0.15, 0.2) is 12.2 Å². The van der Waals surface area contributed by atoms with Crippen molar-refractivity contribution in [3.8, 4) is 0 Å². The van der Waals surface area contributed by atoms with E-state index in [1.54, 1.807) is 14.2 Å². The largest absolute Gasteiger partial charge is 0.356 e.